The molecule has 1 aliphatic heterocycles. The minimum atomic E-state index is -0.381. The molecule has 0 saturated carbocycles. The van der Waals surface area contributed by atoms with Crippen molar-refractivity contribution in [3.63, 3.8) is 0 Å². The molecule has 1 amide bonds. The average molecular weight is 465 g/mol. The number of nitrogens with two attached hydrogens (primary N) is 1. The Morgan fingerprint density at radius 3 is 2.48 bits per heavy atom. The number of carbonyl (C=O) groups is 2. The zero-order valence-corrected chi connectivity index (χ0v) is 19.6. The lowest BCUT2D eigenvalue weighted by Crippen LogP contribution is -2.22. The molecule has 1 fully saturated rings. The fourth-order valence-corrected chi connectivity index (χ4v) is 5.86. The van der Waals surface area contributed by atoms with Crippen molar-refractivity contribution in [3.05, 3.63) is 45.8 Å². The third kappa shape index (κ3) is 4.04. The van der Waals surface area contributed by atoms with Gasteiger partial charge in [-0.25, -0.2) is 9.78 Å². The zero-order valence-electron chi connectivity index (χ0n) is 18.8. The maximum Gasteiger partial charge on any atom is 0.338 e. The number of anilines is 3. The topological polar surface area (TPSA) is 97.5 Å². The quantitative estimate of drug-likeness (QED) is 0.527. The van der Waals surface area contributed by atoms with E-state index in [0.717, 1.165) is 48.4 Å². The van der Waals surface area contributed by atoms with Gasteiger partial charge in [0.05, 0.1) is 17.9 Å². The SMILES string of the molecule is CCOC(=O)c1ccc(NC(=O)c2sc3nc(N4CCCC4)c4c(c3c2N)CCCC4)cc1. The van der Waals surface area contributed by atoms with Crippen LogP contribution in [0.3, 0.4) is 0 Å². The van der Waals surface area contributed by atoms with E-state index < -0.39 is 0 Å². The molecule has 172 valence electrons. The number of nitrogen functional groups attached to an aromatic ring is 1. The molecule has 0 spiro atoms. The summed E-state index contributed by atoms with van der Waals surface area (Å²) in [6.45, 7) is 4.17. The van der Waals surface area contributed by atoms with Crippen molar-refractivity contribution in [3.8, 4) is 0 Å². The van der Waals surface area contributed by atoms with Crippen molar-refractivity contribution in [2.45, 2.75) is 45.4 Å². The minimum Gasteiger partial charge on any atom is -0.462 e. The smallest absolute Gasteiger partial charge is 0.338 e. The van der Waals surface area contributed by atoms with Gasteiger partial charge in [0.2, 0.25) is 0 Å². The van der Waals surface area contributed by atoms with E-state index >= 15 is 0 Å². The summed E-state index contributed by atoms with van der Waals surface area (Å²) >= 11 is 1.36. The van der Waals surface area contributed by atoms with E-state index in [1.807, 2.05) is 0 Å². The van der Waals surface area contributed by atoms with Crippen molar-refractivity contribution in [1.82, 2.24) is 4.98 Å². The van der Waals surface area contributed by atoms with E-state index in [4.69, 9.17) is 15.5 Å². The second kappa shape index (κ2) is 9.02. The van der Waals surface area contributed by atoms with Gasteiger partial charge in [-0.15, -0.1) is 11.3 Å². The number of aromatic nitrogens is 1. The van der Waals surface area contributed by atoms with E-state index in [2.05, 4.69) is 10.2 Å². The third-order valence-electron chi connectivity index (χ3n) is 6.44. The van der Waals surface area contributed by atoms with Crippen molar-refractivity contribution in [2.24, 2.45) is 0 Å². The average Bonchev–Trinajstić information content (AvgIpc) is 3.47. The van der Waals surface area contributed by atoms with Gasteiger partial charge in [-0.1, -0.05) is 0 Å². The summed E-state index contributed by atoms with van der Waals surface area (Å²) in [5.74, 6) is 0.456. The van der Waals surface area contributed by atoms with Crippen LogP contribution in [0.25, 0.3) is 10.2 Å². The number of pyridine rings is 1. The number of ether oxygens (including phenoxy) is 1. The van der Waals surface area contributed by atoms with Crippen molar-refractivity contribution in [2.75, 3.05) is 35.6 Å². The first-order chi connectivity index (χ1) is 16.1. The highest BCUT2D eigenvalue weighted by molar-refractivity contribution is 7.21. The highest BCUT2D eigenvalue weighted by Gasteiger charge is 2.28. The Labute approximate surface area is 196 Å². The summed E-state index contributed by atoms with van der Waals surface area (Å²) in [6.07, 6.45) is 6.70. The molecule has 7 nitrogen and oxygen atoms in total. The number of fused-ring (bicyclic) bond motifs is 3. The minimum absolute atomic E-state index is 0.258. The number of carbonyl (C=O) groups excluding carboxylic acids is 2. The van der Waals surface area contributed by atoms with Crippen LogP contribution in [0.1, 0.15) is 63.8 Å². The van der Waals surface area contributed by atoms with Gasteiger partial charge in [0.1, 0.15) is 15.5 Å². The second-order valence-electron chi connectivity index (χ2n) is 8.57. The molecule has 2 aromatic heterocycles. The molecule has 8 heteroatoms. The van der Waals surface area contributed by atoms with Gasteiger partial charge in [-0.05, 0) is 80.8 Å². The third-order valence-corrected chi connectivity index (χ3v) is 7.54. The monoisotopic (exact) mass is 464 g/mol. The first-order valence-corrected chi connectivity index (χ1v) is 12.5. The normalized spacial score (nSPS) is 15.5. The van der Waals surface area contributed by atoms with Crippen LogP contribution >= 0.6 is 11.3 Å². The molecule has 0 radical (unpaired) electrons. The van der Waals surface area contributed by atoms with E-state index in [1.165, 1.54) is 41.7 Å². The number of hydrogen-bond acceptors (Lipinski definition) is 7. The molecule has 0 atom stereocenters. The summed E-state index contributed by atoms with van der Waals surface area (Å²) in [4.78, 5) is 33.7. The molecule has 3 heterocycles. The summed E-state index contributed by atoms with van der Waals surface area (Å²) in [5.41, 5.74) is 10.7. The molecule has 0 unspecified atom stereocenters. The van der Waals surface area contributed by atoms with Gasteiger partial charge in [0.25, 0.3) is 5.91 Å². The van der Waals surface area contributed by atoms with Crippen LogP contribution in [-0.2, 0) is 17.6 Å². The molecule has 1 aliphatic carbocycles. The maximum atomic E-state index is 13.1. The maximum absolute atomic E-state index is 13.1. The lowest BCUT2D eigenvalue weighted by molar-refractivity contribution is 0.0526. The van der Waals surface area contributed by atoms with Gasteiger partial charge in [-0.2, -0.15) is 0 Å². The molecule has 2 aliphatic rings. The van der Waals surface area contributed by atoms with Crippen LogP contribution in [0.15, 0.2) is 24.3 Å². The highest BCUT2D eigenvalue weighted by atomic mass is 32.1. The van der Waals surface area contributed by atoms with Crippen LogP contribution in [0.5, 0.6) is 0 Å². The number of nitrogens with zero attached hydrogens (tertiary/aromatic N) is 2. The Kier molecular flexibility index (Phi) is 5.93. The van der Waals surface area contributed by atoms with Crippen LogP contribution in [0.2, 0.25) is 0 Å². The fourth-order valence-electron chi connectivity index (χ4n) is 4.84. The van der Waals surface area contributed by atoms with Gasteiger partial charge < -0.3 is 20.7 Å². The number of rotatable bonds is 5. The molecular weight excluding hydrogens is 436 g/mol. The van der Waals surface area contributed by atoms with Crippen LogP contribution in [0.4, 0.5) is 17.2 Å². The Hall–Kier alpha value is -3.13. The number of esters is 1. The molecule has 1 saturated heterocycles. The molecular formula is C25H28N4O3S. The lowest BCUT2D eigenvalue weighted by Gasteiger charge is -2.25. The number of aryl methyl sites for hydroxylation is 1. The van der Waals surface area contributed by atoms with Crippen molar-refractivity contribution >= 4 is 50.6 Å². The van der Waals surface area contributed by atoms with Crippen molar-refractivity contribution < 1.29 is 14.3 Å². The molecule has 5 rings (SSSR count). The summed E-state index contributed by atoms with van der Waals surface area (Å²) in [7, 11) is 0. The Bertz CT molecular complexity index is 1210. The lowest BCUT2D eigenvalue weighted by atomic mass is 9.89. The van der Waals surface area contributed by atoms with E-state index in [1.54, 1.807) is 31.2 Å². The fraction of sp³-hybridized carbons (Fsp3) is 0.400. The summed E-state index contributed by atoms with van der Waals surface area (Å²) in [6, 6.07) is 6.67. The first kappa shape index (κ1) is 21.7. The van der Waals surface area contributed by atoms with Crippen LogP contribution in [0, 0.1) is 0 Å². The Balaban J connectivity index is 1.46. The highest BCUT2D eigenvalue weighted by Crippen LogP contribution is 2.42. The number of hydrogen-bond donors (Lipinski definition) is 2. The Morgan fingerprint density at radius 1 is 1.09 bits per heavy atom. The largest absolute Gasteiger partial charge is 0.462 e. The van der Waals surface area contributed by atoms with Crippen LogP contribution in [-0.4, -0.2) is 36.6 Å². The van der Waals surface area contributed by atoms with E-state index in [0.29, 0.717) is 28.4 Å². The number of amides is 1. The van der Waals surface area contributed by atoms with E-state index in [9.17, 15) is 9.59 Å². The van der Waals surface area contributed by atoms with Gasteiger partial charge >= 0.3 is 5.97 Å². The van der Waals surface area contributed by atoms with E-state index in [-0.39, 0.29) is 11.9 Å². The Morgan fingerprint density at radius 2 is 1.79 bits per heavy atom. The van der Waals surface area contributed by atoms with Crippen LogP contribution < -0.4 is 16.0 Å². The molecule has 1 aromatic carbocycles. The molecule has 3 aromatic rings. The zero-order chi connectivity index (χ0) is 22.9. The molecule has 0 bridgehead atoms. The second-order valence-corrected chi connectivity index (χ2v) is 9.57. The molecule has 33 heavy (non-hydrogen) atoms. The van der Waals surface area contributed by atoms with Gasteiger partial charge in [0.15, 0.2) is 0 Å². The number of benzene rings is 1. The predicted molar refractivity (Wildman–Crippen MR) is 132 cm³/mol. The molecule has 3 N–H and O–H groups in total. The standard InChI is InChI=1S/C25H28N4O3S/c1-2-32-25(31)15-9-11-16(12-10-15)27-23(30)21-20(26)19-17-7-3-4-8-18(17)22(28-24(19)33-21)29-13-5-6-14-29/h9-12H,2-8,13-14,26H2,1H3,(H,27,30). The summed E-state index contributed by atoms with van der Waals surface area (Å²) in [5, 5.41) is 3.87. The summed E-state index contributed by atoms with van der Waals surface area (Å²) < 4.78 is 5.01. The predicted octanol–water partition coefficient (Wildman–Crippen LogP) is 4.79. The van der Waals surface area contributed by atoms with Crippen molar-refractivity contribution in [1.29, 1.82) is 0 Å². The van der Waals surface area contributed by atoms with Gasteiger partial charge in [0, 0.05) is 24.2 Å². The number of thiophene rings is 1. The first-order valence-electron chi connectivity index (χ1n) is 11.6. The van der Waals surface area contributed by atoms with Gasteiger partial charge in [-0.3, -0.25) is 4.79 Å². The number of nitrogens with one attached hydrogen (secondary N) is 1.